The number of carbonyl (C=O) groups excluding carboxylic acids is 4. The van der Waals surface area contributed by atoms with Gasteiger partial charge in [0.15, 0.2) is 0 Å². The molecule has 170 valence electrons. The third-order valence-corrected chi connectivity index (χ3v) is 4.19. The summed E-state index contributed by atoms with van der Waals surface area (Å²) in [5.41, 5.74) is 0.102. The normalized spacial score (nSPS) is 11.4. The standard InChI is InChI=1S/C20H28N4O7/c1-13(2)12-16(20(28)22-11-9-18(26)31-3)23-17(25)8-10-21-19(27)14-4-6-15(7-5-14)24(29)30/h4-7,13,16H,8-12H2,1-3H3,(H,21,27)(H,22,28)(H,23,25)/t16-/m1/s1. The van der Waals surface area contributed by atoms with Crippen molar-refractivity contribution < 1.29 is 28.8 Å². The molecule has 1 aromatic rings. The molecule has 1 atom stereocenters. The van der Waals surface area contributed by atoms with Crippen molar-refractivity contribution in [3.05, 3.63) is 39.9 Å². The lowest BCUT2D eigenvalue weighted by Gasteiger charge is -2.20. The van der Waals surface area contributed by atoms with Crippen molar-refractivity contribution in [1.29, 1.82) is 0 Å². The second-order valence-corrected chi connectivity index (χ2v) is 7.18. The van der Waals surface area contributed by atoms with Crippen LogP contribution < -0.4 is 16.0 Å². The molecule has 11 heteroatoms. The predicted molar refractivity (Wildman–Crippen MR) is 111 cm³/mol. The molecule has 0 aliphatic carbocycles. The molecule has 0 unspecified atom stereocenters. The third kappa shape index (κ3) is 9.70. The number of ether oxygens (including phenoxy) is 1. The van der Waals surface area contributed by atoms with Gasteiger partial charge in [-0.05, 0) is 24.5 Å². The summed E-state index contributed by atoms with van der Waals surface area (Å²) in [6.07, 6.45) is 0.382. The number of hydrogen-bond acceptors (Lipinski definition) is 7. The lowest BCUT2D eigenvalue weighted by molar-refractivity contribution is -0.384. The fraction of sp³-hybridized carbons (Fsp3) is 0.500. The fourth-order valence-corrected chi connectivity index (χ4v) is 2.61. The molecular weight excluding hydrogens is 408 g/mol. The van der Waals surface area contributed by atoms with Crippen LogP contribution in [0.5, 0.6) is 0 Å². The van der Waals surface area contributed by atoms with E-state index in [9.17, 15) is 29.3 Å². The summed E-state index contributed by atoms with van der Waals surface area (Å²) in [4.78, 5) is 57.8. The van der Waals surface area contributed by atoms with Crippen molar-refractivity contribution in [2.75, 3.05) is 20.2 Å². The Morgan fingerprint density at radius 3 is 2.19 bits per heavy atom. The van der Waals surface area contributed by atoms with Crippen molar-refractivity contribution in [2.45, 2.75) is 39.2 Å². The lowest BCUT2D eigenvalue weighted by atomic mass is 10.0. The Morgan fingerprint density at radius 2 is 1.65 bits per heavy atom. The van der Waals surface area contributed by atoms with Gasteiger partial charge in [-0.25, -0.2) is 0 Å². The molecule has 0 aliphatic rings. The van der Waals surface area contributed by atoms with E-state index in [0.717, 1.165) is 0 Å². The van der Waals surface area contributed by atoms with Crippen LogP contribution >= 0.6 is 0 Å². The van der Waals surface area contributed by atoms with Crippen LogP contribution in [0.25, 0.3) is 0 Å². The van der Waals surface area contributed by atoms with Crippen LogP contribution in [0, 0.1) is 16.0 Å². The van der Waals surface area contributed by atoms with E-state index in [-0.39, 0.29) is 43.1 Å². The number of amides is 3. The molecule has 0 saturated heterocycles. The Morgan fingerprint density at radius 1 is 1.03 bits per heavy atom. The number of nitrogens with zero attached hydrogens (tertiary/aromatic N) is 1. The monoisotopic (exact) mass is 436 g/mol. The molecule has 1 aromatic carbocycles. The maximum absolute atomic E-state index is 12.3. The van der Waals surface area contributed by atoms with E-state index in [1.807, 2.05) is 13.8 Å². The number of hydrogen-bond donors (Lipinski definition) is 3. The number of nitrogens with one attached hydrogen (secondary N) is 3. The number of nitro benzene ring substituents is 1. The topological polar surface area (TPSA) is 157 Å². The van der Waals surface area contributed by atoms with Crippen LogP contribution in [-0.2, 0) is 19.1 Å². The molecule has 0 radical (unpaired) electrons. The molecule has 3 N–H and O–H groups in total. The summed E-state index contributed by atoms with van der Waals surface area (Å²) < 4.78 is 4.51. The van der Waals surface area contributed by atoms with Gasteiger partial charge in [-0.1, -0.05) is 13.8 Å². The number of esters is 1. The number of nitro groups is 1. The van der Waals surface area contributed by atoms with E-state index in [1.54, 1.807) is 0 Å². The molecule has 0 bridgehead atoms. The molecular formula is C20H28N4O7. The van der Waals surface area contributed by atoms with Gasteiger partial charge in [-0.2, -0.15) is 0 Å². The van der Waals surface area contributed by atoms with Crippen LogP contribution in [0.4, 0.5) is 5.69 Å². The lowest BCUT2D eigenvalue weighted by Crippen LogP contribution is -2.48. The third-order valence-electron chi connectivity index (χ3n) is 4.19. The fourth-order valence-electron chi connectivity index (χ4n) is 2.61. The average molecular weight is 436 g/mol. The van der Waals surface area contributed by atoms with Crippen molar-refractivity contribution in [2.24, 2.45) is 5.92 Å². The van der Waals surface area contributed by atoms with E-state index in [2.05, 4.69) is 20.7 Å². The molecule has 0 aliphatic heterocycles. The Kier molecular flexibility index (Phi) is 10.7. The molecule has 0 aromatic heterocycles. The van der Waals surface area contributed by atoms with E-state index in [0.29, 0.717) is 6.42 Å². The molecule has 0 saturated carbocycles. The molecule has 11 nitrogen and oxygen atoms in total. The van der Waals surface area contributed by atoms with Gasteiger partial charge < -0.3 is 20.7 Å². The number of non-ortho nitro benzene ring substituents is 1. The van der Waals surface area contributed by atoms with Gasteiger partial charge in [0, 0.05) is 37.2 Å². The molecule has 0 spiro atoms. The maximum atomic E-state index is 12.3. The first-order valence-electron chi connectivity index (χ1n) is 9.80. The summed E-state index contributed by atoms with van der Waals surface area (Å²) in [6, 6.07) is 4.32. The SMILES string of the molecule is COC(=O)CCNC(=O)[C@@H](CC(C)C)NC(=O)CCNC(=O)c1ccc([N+](=O)[O-])cc1. The predicted octanol–water partition coefficient (Wildman–Crippen LogP) is 0.925. The van der Waals surface area contributed by atoms with E-state index in [4.69, 9.17) is 0 Å². The molecule has 0 fully saturated rings. The van der Waals surface area contributed by atoms with Crippen molar-refractivity contribution in [3.63, 3.8) is 0 Å². The largest absolute Gasteiger partial charge is 0.469 e. The maximum Gasteiger partial charge on any atom is 0.307 e. The minimum absolute atomic E-state index is 0.0270. The van der Waals surface area contributed by atoms with Gasteiger partial charge in [-0.15, -0.1) is 0 Å². The molecule has 31 heavy (non-hydrogen) atoms. The number of rotatable bonds is 12. The van der Waals surface area contributed by atoms with Crippen molar-refractivity contribution in [3.8, 4) is 0 Å². The highest BCUT2D eigenvalue weighted by molar-refractivity contribution is 5.94. The second-order valence-electron chi connectivity index (χ2n) is 7.18. The van der Waals surface area contributed by atoms with Gasteiger partial charge in [-0.3, -0.25) is 29.3 Å². The average Bonchev–Trinajstić information content (AvgIpc) is 2.72. The Balaban J connectivity index is 2.49. The first-order chi connectivity index (χ1) is 14.6. The summed E-state index contributed by atoms with van der Waals surface area (Å²) in [6.45, 7) is 3.94. The van der Waals surface area contributed by atoms with Gasteiger partial charge in [0.1, 0.15) is 6.04 Å². The van der Waals surface area contributed by atoms with E-state index in [1.165, 1.54) is 31.4 Å². The number of carbonyl (C=O) groups is 4. The smallest absolute Gasteiger partial charge is 0.307 e. The van der Waals surface area contributed by atoms with Gasteiger partial charge >= 0.3 is 5.97 Å². The van der Waals surface area contributed by atoms with Crippen LogP contribution in [0.2, 0.25) is 0 Å². The highest BCUT2D eigenvalue weighted by Crippen LogP contribution is 2.11. The zero-order chi connectivity index (χ0) is 23.4. The zero-order valence-corrected chi connectivity index (χ0v) is 17.8. The Hall–Kier alpha value is -3.50. The molecule has 1 rings (SSSR count). The van der Waals surface area contributed by atoms with Crippen LogP contribution in [0.3, 0.4) is 0 Å². The van der Waals surface area contributed by atoms with Crippen LogP contribution in [0.1, 0.15) is 43.5 Å². The Bertz CT molecular complexity index is 793. The summed E-state index contributed by atoms with van der Waals surface area (Å²) in [5.74, 6) is -1.60. The van der Waals surface area contributed by atoms with Crippen LogP contribution in [0.15, 0.2) is 24.3 Å². The van der Waals surface area contributed by atoms with Gasteiger partial charge in [0.25, 0.3) is 11.6 Å². The number of benzene rings is 1. The zero-order valence-electron chi connectivity index (χ0n) is 17.8. The summed E-state index contributed by atoms with van der Waals surface area (Å²) >= 11 is 0. The minimum atomic E-state index is -0.768. The van der Waals surface area contributed by atoms with Crippen molar-refractivity contribution in [1.82, 2.24) is 16.0 Å². The second kappa shape index (κ2) is 12.9. The minimum Gasteiger partial charge on any atom is -0.469 e. The summed E-state index contributed by atoms with van der Waals surface area (Å²) in [7, 11) is 1.26. The van der Waals surface area contributed by atoms with Gasteiger partial charge in [0.05, 0.1) is 18.5 Å². The highest BCUT2D eigenvalue weighted by atomic mass is 16.6. The quantitative estimate of drug-likeness (QED) is 0.250. The van der Waals surface area contributed by atoms with E-state index < -0.39 is 34.7 Å². The molecule has 3 amide bonds. The molecule has 0 heterocycles. The van der Waals surface area contributed by atoms with Gasteiger partial charge in [0.2, 0.25) is 11.8 Å². The first-order valence-corrected chi connectivity index (χ1v) is 9.80. The highest BCUT2D eigenvalue weighted by Gasteiger charge is 2.22. The van der Waals surface area contributed by atoms with Crippen LogP contribution in [-0.4, -0.2) is 54.9 Å². The van der Waals surface area contributed by atoms with Crippen molar-refractivity contribution >= 4 is 29.4 Å². The number of methoxy groups -OCH3 is 1. The summed E-state index contributed by atoms with van der Waals surface area (Å²) in [5, 5.41) is 18.4. The Labute approximate surface area is 180 Å². The van der Waals surface area contributed by atoms with E-state index >= 15 is 0 Å². The first kappa shape index (κ1) is 25.5.